The predicted molar refractivity (Wildman–Crippen MR) is 169 cm³/mol. The van der Waals surface area contributed by atoms with Crippen molar-refractivity contribution < 1.29 is 28.6 Å². The van der Waals surface area contributed by atoms with Crippen molar-refractivity contribution in [3.8, 4) is 39.7 Å². The molecule has 2 aromatic heterocycles. The second-order valence-corrected chi connectivity index (χ2v) is 9.90. The van der Waals surface area contributed by atoms with Crippen molar-refractivity contribution in [1.29, 1.82) is 0 Å². The van der Waals surface area contributed by atoms with E-state index in [2.05, 4.69) is 15.3 Å². The van der Waals surface area contributed by atoms with Gasteiger partial charge in [0.2, 0.25) is 0 Å². The van der Waals surface area contributed by atoms with Gasteiger partial charge in [0.05, 0.1) is 36.7 Å². The van der Waals surface area contributed by atoms with Crippen LogP contribution in [0.5, 0.6) is 5.75 Å². The second kappa shape index (κ2) is 12.5. The number of pyridine rings is 1. The van der Waals surface area contributed by atoms with Gasteiger partial charge in [0, 0.05) is 34.8 Å². The summed E-state index contributed by atoms with van der Waals surface area (Å²) >= 11 is 0. The molecule has 0 fully saturated rings. The summed E-state index contributed by atoms with van der Waals surface area (Å²) in [6.07, 6.45) is 2.63. The zero-order valence-electron chi connectivity index (χ0n) is 24.2. The van der Waals surface area contributed by atoms with Crippen molar-refractivity contribution in [2.75, 3.05) is 19.5 Å². The van der Waals surface area contributed by atoms with Gasteiger partial charge < -0.3 is 19.2 Å². The molecule has 0 unspecified atom stereocenters. The molecule has 0 bridgehead atoms. The van der Waals surface area contributed by atoms with Crippen LogP contribution in [0.2, 0.25) is 0 Å². The molecule has 2 heterocycles. The summed E-state index contributed by atoms with van der Waals surface area (Å²) in [4.78, 5) is 49.9. The number of nitrogens with one attached hydrogen (secondary N) is 2. The highest BCUT2D eigenvalue weighted by Crippen LogP contribution is 2.37. The van der Waals surface area contributed by atoms with Gasteiger partial charge in [-0.3, -0.25) is 10.3 Å². The molecule has 10 nitrogen and oxygen atoms in total. The fourth-order valence-electron chi connectivity index (χ4n) is 4.97. The first-order valence-corrected chi connectivity index (χ1v) is 13.8. The number of hydrogen-bond donors (Lipinski definition) is 2. The van der Waals surface area contributed by atoms with E-state index in [1.807, 2.05) is 66.7 Å². The Hall–Kier alpha value is -6.29. The lowest BCUT2D eigenvalue weighted by Gasteiger charge is -2.11. The van der Waals surface area contributed by atoms with Crippen molar-refractivity contribution in [2.24, 2.45) is 0 Å². The minimum Gasteiger partial charge on any atom is -0.465 e. The summed E-state index contributed by atoms with van der Waals surface area (Å²) in [5.74, 6) is -0.381. The second-order valence-electron chi connectivity index (χ2n) is 9.90. The minimum atomic E-state index is -0.826. The fourth-order valence-corrected chi connectivity index (χ4v) is 4.97. The van der Waals surface area contributed by atoms with Gasteiger partial charge in [0.15, 0.2) is 0 Å². The maximum atomic E-state index is 13.0. The molecule has 4 aromatic carbocycles. The van der Waals surface area contributed by atoms with Gasteiger partial charge in [-0.25, -0.2) is 19.4 Å². The number of H-pyrrole nitrogens is 1. The van der Waals surface area contributed by atoms with Crippen LogP contribution in [0.4, 0.5) is 10.5 Å². The van der Waals surface area contributed by atoms with E-state index < -0.39 is 18.0 Å². The van der Waals surface area contributed by atoms with E-state index in [1.54, 1.807) is 24.5 Å². The van der Waals surface area contributed by atoms with Crippen LogP contribution < -0.4 is 10.1 Å². The van der Waals surface area contributed by atoms with E-state index in [0.29, 0.717) is 5.82 Å². The molecule has 1 amide bonds. The predicted octanol–water partition coefficient (Wildman–Crippen LogP) is 7.14. The summed E-state index contributed by atoms with van der Waals surface area (Å²) in [5, 5.41) is 4.30. The minimum absolute atomic E-state index is 0.0601. The molecule has 2 N–H and O–H groups in total. The Kier molecular flexibility index (Phi) is 8.02. The number of fused-ring (bicyclic) bond motifs is 1. The lowest BCUT2D eigenvalue weighted by atomic mass is 9.99. The number of aromatic nitrogens is 3. The average Bonchev–Trinajstić information content (AvgIpc) is 3.53. The van der Waals surface area contributed by atoms with E-state index in [-0.39, 0.29) is 22.6 Å². The number of benzene rings is 4. The number of aromatic amines is 1. The number of amides is 1. The summed E-state index contributed by atoms with van der Waals surface area (Å²) < 4.78 is 15.2. The molecule has 6 aromatic rings. The van der Waals surface area contributed by atoms with Crippen molar-refractivity contribution in [3.63, 3.8) is 0 Å². The average molecular weight is 599 g/mol. The first kappa shape index (κ1) is 28.8. The summed E-state index contributed by atoms with van der Waals surface area (Å²) in [5.41, 5.74) is 4.50. The van der Waals surface area contributed by atoms with Crippen LogP contribution in [0.25, 0.3) is 44.7 Å². The largest absolute Gasteiger partial charge is 0.465 e. The number of imidazole rings is 1. The molecular weight excluding hydrogens is 572 g/mol. The number of hydrogen-bond acceptors (Lipinski definition) is 8. The molecule has 6 rings (SSSR count). The van der Waals surface area contributed by atoms with Gasteiger partial charge in [-0.15, -0.1) is 0 Å². The molecule has 0 aliphatic heterocycles. The van der Waals surface area contributed by atoms with E-state index in [9.17, 15) is 14.4 Å². The number of carbonyl (C=O) groups excluding carboxylic acids is 3. The molecular formula is C35H26N4O6. The van der Waals surface area contributed by atoms with Gasteiger partial charge >= 0.3 is 18.0 Å². The normalized spacial score (nSPS) is 10.7. The zero-order valence-corrected chi connectivity index (χ0v) is 24.2. The smallest absolute Gasteiger partial charge is 0.417 e. The molecule has 10 heteroatoms. The highest BCUT2D eigenvalue weighted by Gasteiger charge is 2.19. The monoisotopic (exact) mass is 598 g/mol. The van der Waals surface area contributed by atoms with Gasteiger partial charge in [-0.2, -0.15) is 0 Å². The van der Waals surface area contributed by atoms with E-state index in [0.717, 1.165) is 38.9 Å². The van der Waals surface area contributed by atoms with Crippen LogP contribution in [0.15, 0.2) is 109 Å². The third kappa shape index (κ3) is 6.11. The Balaban J connectivity index is 1.35. The van der Waals surface area contributed by atoms with Crippen molar-refractivity contribution in [1.82, 2.24) is 15.0 Å². The first-order chi connectivity index (χ1) is 21.9. The number of rotatable bonds is 7. The Morgan fingerprint density at radius 2 is 1.44 bits per heavy atom. The standard InChI is InChI=1S/C35H26N4O6/c1-43-33(40)24-17-25(34(41)44-2)19-26(18-24)37-35(42)45-27-12-11-21-9-6-10-28(29(21)20-27)31-30(22-13-15-36-16-14-22)38-32(39-31)23-7-4-3-5-8-23/h3-20H,1-2H3,(H,37,42)(H,38,39). The van der Waals surface area contributed by atoms with Crippen molar-refractivity contribution >= 4 is 34.5 Å². The lowest BCUT2D eigenvalue weighted by molar-refractivity contribution is 0.0599. The maximum absolute atomic E-state index is 13.0. The fraction of sp³-hybridized carbons (Fsp3) is 0.0571. The molecule has 0 saturated carbocycles. The van der Waals surface area contributed by atoms with Crippen LogP contribution in [-0.4, -0.2) is 47.2 Å². The van der Waals surface area contributed by atoms with Crippen molar-refractivity contribution in [3.05, 3.63) is 121 Å². The van der Waals surface area contributed by atoms with Gasteiger partial charge in [0.25, 0.3) is 0 Å². The Bertz CT molecular complexity index is 2010. The number of esters is 2. The van der Waals surface area contributed by atoms with Gasteiger partial charge in [0.1, 0.15) is 11.6 Å². The molecule has 0 atom stereocenters. The van der Waals surface area contributed by atoms with Crippen molar-refractivity contribution in [2.45, 2.75) is 0 Å². The quantitative estimate of drug-likeness (QED) is 0.185. The van der Waals surface area contributed by atoms with Crippen LogP contribution in [-0.2, 0) is 9.47 Å². The van der Waals surface area contributed by atoms with Crippen LogP contribution in [0.3, 0.4) is 0 Å². The third-order valence-electron chi connectivity index (χ3n) is 7.06. The lowest BCUT2D eigenvalue weighted by Crippen LogP contribution is -2.18. The Labute approximate surface area is 257 Å². The van der Waals surface area contributed by atoms with Crippen LogP contribution in [0, 0.1) is 0 Å². The number of ether oxygens (including phenoxy) is 3. The van der Waals surface area contributed by atoms with Gasteiger partial charge in [-0.1, -0.05) is 54.6 Å². The topological polar surface area (TPSA) is 132 Å². The maximum Gasteiger partial charge on any atom is 0.417 e. The number of nitrogens with zero attached hydrogens (tertiary/aromatic N) is 2. The Morgan fingerprint density at radius 1 is 0.733 bits per heavy atom. The summed E-state index contributed by atoms with van der Waals surface area (Å²) in [6.45, 7) is 0. The molecule has 0 saturated heterocycles. The molecule has 222 valence electrons. The summed E-state index contributed by atoms with van der Waals surface area (Å²) in [6, 6.07) is 28.9. The highest BCUT2D eigenvalue weighted by molar-refractivity contribution is 6.01. The molecule has 45 heavy (non-hydrogen) atoms. The number of methoxy groups -OCH3 is 2. The molecule has 0 radical (unpaired) electrons. The molecule has 0 spiro atoms. The number of anilines is 1. The molecule has 0 aliphatic carbocycles. The van der Waals surface area contributed by atoms with Crippen LogP contribution in [0.1, 0.15) is 20.7 Å². The third-order valence-corrected chi connectivity index (χ3v) is 7.06. The summed E-state index contributed by atoms with van der Waals surface area (Å²) in [7, 11) is 2.43. The van der Waals surface area contributed by atoms with E-state index >= 15 is 0 Å². The highest BCUT2D eigenvalue weighted by atomic mass is 16.6. The van der Waals surface area contributed by atoms with Crippen LogP contribution >= 0.6 is 0 Å². The zero-order chi connectivity index (χ0) is 31.3. The van der Waals surface area contributed by atoms with E-state index in [4.69, 9.17) is 19.2 Å². The molecule has 0 aliphatic rings. The van der Waals surface area contributed by atoms with Gasteiger partial charge in [-0.05, 0) is 53.2 Å². The SMILES string of the molecule is COC(=O)c1cc(NC(=O)Oc2ccc3cccc(-c4nc(-c5ccccc5)[nH]c4-c4ccncc4)c3c2)cc(C(=O)OC)c1. The number of carbonyl (C=O) groups is 3. The Morgan fingerprint density at radius 3 is 2.13 bits per heavy atom. The van der Waals surface area contributed by atoms with E-state index in [1.165, 1.54) is 32.4 Å². The first-order valence-electron chi connectivity index (χ1n) is 13.8.